The summed E-state index contributed by atoms with van der Waals surface area (Å²) < 4.78 is 11.3. The van der Waals surface area contributed by atoms with E-state index in [9.17, 15) is 15.5 Å². The Morgan fingerprint density at radius 1 is 1.31 bits per heavy atom. The number of nitriles is 1. The van der Waals surface area contributed by atoms with Gasteiger partial charge in [0.2, 0.25) is 5.82 Å². The smallest absolute Gasteiger partial charge is 0.258 e. The third-order valence-electron chi connectivity index (χ3n) is 7.09. The summed E-state index contributed by atoms with van der Waals surface area (Å²) in [5.41, 5.74) is 4.31. The summed E-state index contributed by atoms with van der Waals surface area (Å²) in [7, 11) is 0. The Balaban J connectivity index is 1.48. The molecule has 8 nitrogen and oxygen atoms in total. The summed E-state index contributed by atoms with van der Waals surface area (Å²) in [6.07, 6.45) is 2.99. The van der Waals surface area contributed by atoms with Crippen molar-refractivity contribution >= 4 is 0 Å². The fourth-order valence-electron chi connectivity index (χ4n) is 5.63. The SMILES string of the molecule is CC(C)Oc1ccc(-c2nc(-c3cccc4c3CCCC43C[C@@H](O)N(CCO)C3)no2)cc1C#N. The average Bonchev–Trinajstić information content (AvgIpc) is 3.45. The third-order valence-corrected chi connectivity index (χ3v) is 7.09. The lowest BCUT2D eigenvalue weighted by Crippen LogP contribution is -2.36. The predicted molar refractivity (Wildman–Crippen MR) is 130 cm³/mol. The molecule has 0 radical (unpaired) electrons. The molecule has 3 aromatic rings. The quantitative estimate of drug-likeness (QED) is 0.556. The maximum absolute atomic E-state index is 10.6. The first-order valence-electron chi connectivity index (χ1n) is 12.1. The predicted octanol–water partition coefficient (Wildman–Crippen LogP) is 3.65. The summed E-state index contributed by atoms with van der Waals surface area (Å²) in [4.78, 5) is 6.64. The molecule has 182 valence electrons. The number of rotatable bonds is 6. The summed E-state index contributed by atoms with van der Waals surface area (Å²) in [5, 5.41) is 33.9. The minimum Gasteiger partial charge on any atom is -0.490 e. The summed E-state index contributed by atoms with van der Waals surface area (Å²) in [5.74, 6) is 1.39. The highest BCUT2D eigenvalue weighted by atomic mass is 16.5. The molecule has 1 unspecified atom stereocenters. The van der Waals surface area contributed by atoms with Crippen LogP contribution in [0.5, 0.6) is 5.75 Å². The number of benzene rings is 2. The van der Waals surface area contributed by atoms with Gasteiger partial charge in [-0.05, 0) is 68.9 Å². The molecule has 0 saturated carbocycles. The van der Waals surface area contributed by atoms with E-state index in [0.717, 1.165) is 31.4 Å². The van der Waals surface area contributed by atoms with Crippen molar-refractivity contribution in [1.82, 2.24) is 15.0 Å². The van der Waals surface area contributed by atoms with Crippen molar-refractivity contribution in [2.45, 2.75) is 57.3 Å². The summed E-state index contributed by atoms with van der Waals surface area (Å²) in [6, 6.07) is 13.7. The Labute approximate surface area is 204 Å². The van der Waals surface area contributed by atoms with Gasteiger partial charge in [0.25, 0.3) is 5.89 Å². The van der Waals surface area contributed by atoms with Gasteiger partial charge in [-0.3, -0.25) is 4.90 Å². The van der Waals surface area contributed by atoms with E-state index in [1.807, 2.05) is 36.9 Å². The number of nitrogens with zero attached hydrogens (tertiary/aromatic N) is 4. The van der Waals surface area contributed by atoms with Crippen molar-refractivity contribution in [3.05, 3.63) is 53.1 Å². The van der Waals surface area contributed by atoms with E-state index in [4.69, 9.17) is 9.26 Å². The second kappa shape index (κ2) is 9.42. The van der Waals surface area contributed by atoms with Gasteiger partial charge >= 0.3 is 0 Å². The van der Waals surface area contributed by atoms with Gasteiger partial charge in [-0.25, -0.2) is 0 Å². The molecular formula is C27H30N4O4. The van der Waals surface area contributed by atoms with Crippen LogP contribution >= 0.6 is 0 Å². The fraction of sp³-hybridized carbons (Fsp3) is 0.444. The minimum absolute atomic E-state index is 0.0315. The number of aliphatic hydroxyl groups excluding tert-OH is 2. The Bertz CT molecular complexity index is 1260. The number of hydrogen-bond donors (Lipinski definition) is 2. The van der Waals surface area contributed by atoms with E-state index in [1.165, 1.54) is 11.1 Å². The van der Waals surface area contributed by atoms with Crippen molar-refractivity contribution in [2.75, 3.05) is 19.7 Å². The maximum Gasteiger partial charge on any atom is 0.258 e. The van der Waals surface area contributed by atoms with Crippen LogP contribution < -0.4 is 4.74 Å². The van der Waals surface area contributed by atoms with Crippen LogP contribution in [-0.2, 0) is 11.8 Å². The van der Waals surface area contributed by atoms with Gasteiger partial charge in [-0.1, -0.05) is 23.4 Å². The second-order valence-corrected chi connectivity index (χ2v) is 9.76. The van der Waals surface area contributed by atoms with E-state index in [2.05, 4.69) is 22.3 Å². The van der Waals surface area contributed by atoms with Gasteiger partial charge in [-0.2, -0.15) is 10.2 Å². The van der Waals surface area contributed by atoms with Crippen LogP contribution in [0.25, 0.3) is 22.8 Å². The molecule has 5 rings (SSSR count). The van der Waals surface area contributed by atoms with Crippen molar-refractivity contribution in [3.63, 3.8) is 0 Å². The fourth-order valence-corrected chi connectivity index (χ4v) is 5.63. The summed E-state index contributed by atoms with van der Waals surface area (Å²) in [6.45, 7) is 5.06. The molecule has 2 atom stereocenters. The van der Waals surface area contributed by atoms with Crippen molar-refractivity contribution < 1.29 is 19.5 Å². The first-order chi connectivity index (χ1) is 16.9. The van der Waals surface area contributed by atoms with Gasteiger partial charge in [0.1, 0.15) is 18.0 Å². The second-order valence-electron chi connectivity index (χ2n) is 9.76. The van der Waals surface area contributed by atoms with Gasteiger partial charge in [0.15, 0.2) is 0 Å². The van der Waals surface area contributed by atoms with Gasteiger partial charge in [0, 0.05) is 29.6 Å². The lowest BCUT2D eigenvalue weighted by molar-refractivity contribution is 0.0276. The molecule has 1 fully saturated rings. The minimum atomic E-state index is -0.550. The Morgan fingerprint density at radius 3 is 2.94 bits per heavy atom. The highest BCUT2D eigenvalue weighted by Crippen LogP contribution is 2.47. The van der Waals surface area contributed by atoms with Gasteiger partial charge in [0.05, 0.1) is 18.3 Å². The molecule has 35 heavy (non-hydrogen) atoms. The van der Waals surface area contributed by atoms with Crippen LogP contribution in [0, 0.1) is 11.3 Å². The summed E-state index contributed by atoms with van der Waals surface area (Å²) >= 11 is 0. The van der Waals surface area contributed by atoms with Gasteiger partial charge < -0.3 is 19.5 Å². The van der Waals surface area contributed by atoms with Crippen LogP contribution in [0.4, 0.5) is 0 Å². The normalized spacial score (nSPS) is 21.9. The van der Waals surface area contributed by atoms with E-state index >= 15 is 0 Å². The van der Waals surface area contributed by atoms with Crippen molar-refractivity contribution in [2.24, 2.45) is 0 Å². The first-order valence-corrected chi connectivity index (χ1v) is 12.1. The first kappa shape index (κ1) is 23.5. The Hall–Kier alpha value is -3.25. The van der Waals surface area contributed by atoms with Crippen LogP contribution in [0.3, 0.4) is 0 Å². The number of aliphatic hydroxyl groups is 2. The van der Waals surface area contributed by atoms with Crippen LogP contribution in [0.1, 0.15) is 49.8 Å². The Kier molecular flexibility index (Phi) is 6.32. The number of hydrogen-bond acceptors (Lipinski definition) is 8. The molecule has 0 amide bonds. The standard InChI is InChI=1S/C27H30N4O4/c1-17(2)34-23-9-8-18(13-19(23)15-28)26-29-25(30-35-26)21-5-3-7-22-20(21)6-4-10-27(22)14-24(33)31(16-27)11-12-32/h3,5,7-9,13,17,24,32-33H,4,6,10-12,14,16H2,1-2H3/t24-,27?/m1/s1. The molecule has 1 spiro atoms. The largest absolute Gasteiger partial charge is 0.490 e. The molecule has 1 aliphatic carbocycles. The highest BCUT2D eigenvalue weighted by molar-refractivity contribution is 5.67. The molecular weight excluding hydrogens is 444 g/mol. The third kappa shape index (κ3) is 4.31. The van der Waals surface area contributed by atoms with Crippen LogP contribution in [0.15, 0.2) is 40.9 Å². The molecule has 2 N–H and O–H groups in total. The molecule has 8 heteroatoms. The van der Waals surface area contributed by atoms with Gasteiger partial charge in [-0.15, -0.1) is 0 Å². The molecule has 2 heterocycles. The topological polar surface area (TPSA) is 116 Å². The molecule has 2 aromatic carbocycles. The van der Waals surface area contributed by atoms with Crippen molar-refractivity contribution in [3.8, 4) is 34.7 Å². The van der Waals surface area contributed by atoms with Crippen molar-refractivity contribution in [1.29, 1.82) is 5.26 Å². The van der Waals surface area contributed by atoms with E-state index in [0.29, 0.717) is 41.6 Å². The number of ether oxygens (including phenoxy) is 1. The molecule has 1 saturated heterocycles. The van der Waals surface area contributed by atoms with Crippen LogP contribution in [-0.4, -0.2) is 57.3 Å². The molecule has 0 bridgehead atoms. The number of likely N-dealkylation sites (tertiary alicyclic amines) is 1. The van der Waals surface area contributed by atoms with Crippen LogP contribution in [0.2, 0.25) is 0 Å². The molecule has 1 aromatic heterocycles. The number of β-amino-alcohol motifs (C(OH)–C–C–N with tert-alkyl or cyclic N) is 1. The Morgan fingerprint density at radius 2 is 2.17 bits per heavy atom. The molecule has 2 aliphatic rings. The lowest BCUT2D eigenvalue weighted by atomic mass is 9.68. The zero-order chi connectivity index (χ0) is 24.6. The zero-order valence-electron chi connectivity index (χ0n) is 20.1. The number of aromatic nitrogens is 2. The number of fused-ring (bicyclic) bond motifs is 2. The molecule has 1 aliphatic heterocycles. The van der Waals surface area contributed by atoms with E-state index in [1.54, 1.807) is 12.1 Å². The zero-order valence-corrected chi connectivity index (χ0v) is 20.1. The lowest BCUT2D eigenvalue weighted by Gasteiger charge is -2.36. The maximum atomic E-state index is 10.6. The van der Waals surface area contributed by atoms with E-state index in [-0.39, 0.29) is 18.1 Å². The van der Waals surface area contributed by atoms with E-state index < -0.39 is 6.23 Å². The monoisotopic (exact) mass is 474 g/mol. The highest BCUT2D eigenvalue weighted by Gasteiger charge is 2.46. The average molecular weight is 475 g/mol.